The summed E-state index contributed by atoms with van der Waals surface area (Å²) in [5.74, 6) is -2.10. The molecule has 14 heavy (non-hydrogen) atoms. The summed E-state index contributed by atoms with van der Waals surface area (Å²) in [6.07, 6.45) is 3.39. The van der Waals surface area contributed by atoms with E-state index in [1.54, 1.807) is 0 Å². The maximum absolute atomic E-state index is 10.6. The largest absolute Gasteiger partial charge is 1.00 e. The molecule has 0 aromatic rings. The van der Waals surface area contributed by atoms with Crippen LogP contribution >= 0.6 is 0 Å². The number of carbonyl (C=O) groups is 2. The predicted octanol–water partition coefficient (Wildman–Crippen LogP) is -2.75. The standard InChI is InChI=1S/C9H16O4.K/c1-2-3-4-5-6-13-9(12)7-8(10)11;/h2-7H2,1H3,(H,10,11);/q;+1/p-1. The molecule has 0 bridgehead atoms. The van der Waals surface area contributed by atoms with Crippen LogP contribution in [0.25, 0.3) is 0 Å². The summed E-state index contributed by atoms with van der Waals surface area (Å²) in [4.78, 5) is 20.6. The van der Waals surface area contributed by atoms with Crippen molar-refractivity contribution in [3.8, 4) is 0 Å². The molecule has 0 saturated heterocycles. The second kappa shape index (κ2) is 11.7. The van der Waals surface area contributed by atoms with Crippen LogP contribution in [0.15, 0.2) is 0 Å². The van der Waals surface area contributed by atoms with E-state index in [1.807, 2.05) is 0 Å². The van der Waals surface area contributed by atoms with Gasteiger partial charge in [0.2, 0.25) is 0 Å². The van der Waals surface area contributed by atoms with Crippen molar-refractivity contribution in [1.82, 2.24) is 0 Å². The Balaban J connectivity index is 0. The van der Waals surface area contributed by atoms with E-state index in [4.69, 9.17) is 0 Å². The van der Waals surface area contributed by atoms with Crippen molar-refractivity contribution in [1.29, 1.82) is 0 Å². The van der Waals surface area contributed by atoms with E-state index >= 15 is 0 Å². The first-order chi connectivity index (χ1) is 6.16. The van der Waals surface area contributed by atoms with E-state index in [0.717, 1.165) is 25.7 Å². The Labute approximate surface area is 127 Å². The van der Waals surface area contributed by atoms with Crippen molar-refractivity contribution in [3.63, 3.8) is 0 Å². The molecule has 0 unspecified atom stereocenters. The topological polar surface area (TPSA) is 66.4 Å². The summed E-state index contributed by atoms with van der Waals surface area (Å²) in [6, 6.07) is 0. The number of carboxylic acid groups (broad SMARTS) is 1. The number of hydrogen-bond acceptors (Lipinski definition) is 4. The van der Waals surface area contributed by atoms with Crippen LogP contribution in [0.1, 0.15) is 39.0 Å². The quantitative estimate of drug-likeness (QED) is 0.204. The molecule has 0 aliphatic heterocycles. The molecule has 0 aliphatic rings. The fraction of sp³-hybridized carbons (Fsp3) is 0.778. The molecule has 0 aliphatic carbocycles. The van der Waals surface area contributed by atoms with Crippen LogP contribution in [-0.4, -0.2) is 18.5 Å². The third kappa shape index (κ3) is 12.6. The smallest absolute Gasteiger partial charge is 0.550 e. The number of unbranched alkanes of at least 4 members (excludes halogenated alkanes) is 3. The Kier molecular flexibility index (Phi) is 14.1. The van der Waals surface area contributed by atoms with Gasteiger partial charge in [0.15, 0.2) is 0 Å². The molecular formula is C9H15KO4. The fourth-order valence-electron chi connectivity index (χ4n) is 0.884. The molecule has 76 valence electrons. The number of carboxylic acids is 1. The molecule has 5 heteroatoms. The molecular weight excluding hydrogens is 211 g/mol. The fourth-order valence-corrected chi connectivity index (χ4v) is 0.884. The second-order valence-corrected chi connectivity index (χ2v) is 2.83. The van der Waals surface area contributed by atoms with Gasteiger partial charge in [-0.2, -0.15) is 0 Å². The molecule has 0 aromatic carbocycles. The van der Waals surface area contributed by atoms with E-state index in [0.29, 0.717) is 6.61 Å². The van der Waals surface area contributed by atoms with Crippen molar-refractivity contribution in [2.45, 2.75) is 39.0 Å². The van der Waals surface area contributed by atoms with E-state index in [-0.39, 0.29) is 51.4 Å². The molecule has 0 saturated carbocycles. The zero-order valence-corrected chi connectivity index (χ0v) is 12.0. The summed E-state index contributed by atoms with van der Waals surface area (Å²) in [5, 5.41) is 9.93. The number of carbonyl (C=O) groups excluding carboxylic acids is 2. The number of esters is 1. The SMILES string of the molecule is CCCCCCOC(=O)CC(=O)[O-].[K+]. The first-order valence-corrected chi connectivity index (χ1v) is 4.52. The van der Waals surface area contributed by atoms with Gasteiger partial charge in [0, 0.05) is 0 Å². The predicted molar refractivity (Wildman–Crippen MR) is 44.7 cm³/mol. The van der Waals surface area contributed by atoms with E-state index in [9.17, 15) is 14.7 Å². The van der Waals surface area contributed by atoms with Crippen molar-refractivity contribution in [3.05, 3.63) is 0 Å². The summed E-state index contributed by atoms with van der Waals surface area (Å²) in [6.45, 7) is 2.40. The molecule has 0 rings (SSSR count). The van der Waals surface area contributed by atoms with Crippen molar-refractivity contribution >= 4 is 11.9 Å². The molecule has 0 atom stereocenters. The number of rotatable bonds is 7. The first-order valence-electron chi connectivity index (χ1n) is 4.52. The van der Waals surface area contributed by atoms with Crippen molar-refractivity contribution in [2.24, 2.45) is 0 Å². The van der Waals surface area contributed by atoms with E-state index in [2.05, 4.69) is 11.7 Å². The van der Waals surface area contributed by atoms with Crippen molar-refractivity contribution in [2.75, 3.05) is 6.61 Å². The Morgan fingerprint density at radius 1 is 1.21 bits per heavy atom. The maximum atomic E-state index is 10.6. The van der Waals surface area contributed by atoms with Crippen LogP contribution in [0.3, 0.4) is 0 Å². The van der Waals surface area contributed by atoms with Gasteiger partial charge in [-0.25, -0.2) is 0 Å². The average molecular weight is 226 g/mol. The summed E-state index contributed by atoms with van der Waals surface area (Å²) < 4.78 is 4.64. The molecule has 0 aromatic heterocycles. The monoisotopic (exact) mass is 226 g/mol. The number of aliphatic carboxylic acids is 1. The van der Waals surface area contributed by atoms with Gasteiger partial charge in [0.1, 0.15) is 0 Å². The Morgan fingerprint density at radius 2 is 1.86 bits per heavy atom. The van der Waals surface area contributed by atoms with E-state index in [1.165, 1.54) is 0 Å². The Bertz CT molecular complexity index is 170. The second-order valence-electron chi connectivity index (χ2n) is 2.83. The van der Waals surface area contributed by atoms with Crippen LogP contribution in [0, 0.1) is 0 Å². The van der Waals surface area contributed by atoms with E-state index < -0.39 is 18.4 Å². The molecule has 0 spiro atoms. The van der Waals surface area contributed by atoms with Crippen LogP contribution < -0.4 is 56.5 Å². The maximum Gasteiger partial charge on any atom is 1.00 e. The van der Waals surface area contributed by atoms with Gasteiger partial charge in [0.25, 0.3) is 0 Å². The zero-order chi connectivity index (χ0) is 10.1. The van der Waals surface area contributed by atoms with Crippen molar-refractivity contribution < 1.29 is 70.8 Å². The van der Waals surface area contributed by atoms with Gasteiger partial charge in [-0.05, 0) is 6.42 Å². The third-order valence-electron chi connectivity index (χ3n) is 1.55. The summed E-state index contributed by atoms with van der Waals surface area (Å²) >= 11 is 0. The van der Waals surface area contributed by atoms with Crippen LogP contribution in [0.5, 0.6) is 0 Å². The third-order valence-corrected chi connectivity index (χ3v) is 1.55. The van der Waals surface area contributed by atoms with Gasteiger partial charge in [0.05, 0.1) is 19.0 Å². The zero-order valence-electron chi connectivity index (χ0n) is 8.88. The minimum Gasteiger partial charge on any atom is -0.550 e. The molecule has 0 heterocycles. The minimum absolute atomic E-state index is 0. The summed E-state index contributed by atoms with van der Waals surface area (Å²) in [5.41, 5.74) is 0. The minimum atomic E-state index is -1.39. The Morgan fingerprint density at radius 3 is 2.36 bits per heavy atom. The van der Waals surface area contributed by atoms with Gasteiger partial charge >= 0.3 is 57.4 Å². The first kappa shape index (κ1) is 17.0. The van der Waals surface area contributed by atoms with Gasteiger partial charge in [-0.15, -0.1) is 0 Å². The summed E-state index contributed by atoms with van der Waals surface area (Å²) in [7, 11) is 0. The average Bonchev–Trinajstić information content (AvgIpc) is 2.02. The van der Waals surface area contributed by atoms with Crippen LogP contribution in [0.2, 0.25) is 0 Å². The molecule has 4 nitrogen and oxygen atoms in total. The van der Waals surface area contributed by atoms with Gasteiger partial charge < -0.3 is 14.6 Å². The molecule has 0 N–H and O–H groups in total. The van der Waals surface area contributed by atoms with Gasteiger partial charge in [-0.1, -0.05) is 26.2 Å². The van der Waals surface area contributed by atoms with Crippen LogP contribution in [0.4, 0.5) is 0 Å². The number of ether oxygens (including phenoxy) is 1. The molecule has 0 fully saturated rings. The molecule has 0 radical (unpaired) electrons. The number of hydrogen-bond donors (Lipinski definition) is 0. The molecule has 0 amide bonds. The van der Waals surface area contributed by atoms with Crippen LogP contribution in [-0.2, 0) is 14.3 Å². The normalized spacial score (nSPS) is 8.93. The Hall–Kier alpha value is 0.576. The van der Waals surface area contributed by atoms with Gasteiger partial charge in [-0.3, -0.25) is 4.79 Å².